The van der Waals surface area contributed by atoms with Crippen LogP contribution in [0.2, 0.25) is 0 Å². The molecule has 1 N–H and O–H groups in total. The summed E-state index contributed by atoms with van der Waals surface area (Å²) in [6.45, 7) is 8.91. The Bertz CT molecular complexity index is 835. The van der Waals surface area contributed by atoms with Crippen molar-refractivity contribution in [3.05, 3.63) is 69.2 Å². The summed E-state index contributed by atoms with van der Waals surface area (Å²) in [5, 5.41) is 2.90. The molecule has 2 amide bonds. The fourth-order valence-electron chi connectivity index (χ4n) is 3.00. The highest BCUT2D eigenvalue weighted by molar-refractivity contribution is 9.10. The van der Waals surface area contributed by atoms with Gasteiger partial charge in [0, 0.05) is 17.6 Å². The van der Waals surface area contributed by atoms with Gasteiger partial charge in [-0.3, -0.25) is 9.59 Å². The maximum absolute atomic E-state index is 13.2. The van der Waals surface area contributed by atoms with Gasteiger partial charge in [0.2, 0.25) is 11.8 Å². The second-order valence-electron chi connectivity index (χ2n) is 7.21. The molecule has 0 aromatic heterocycles. The minimum atomic E-state index is -0.537. The number of aryl methyl sites for hydroxylation is 2. The number of rotatable bonds is 8. The monoisotopic (exact) mass is 444 g/mol. The van der Waals surface area contributed by atoms with Crippen LogP contribution in [0.15, 0.2) is 46.9 Å². The fraction of sp³-hybridized carbons (Fsp3) is 0.391. The van der Waals surface area contributed by atoms with E-state index in [1.54, 1.807) is 11.8 Å². The van der Waals surface area contributed by atoms with E-state index in [1.807, 2.05) is 56.3 Å². The highest BCUT2D eigenvalue weighted by Crippen LogP contribution is 2.17. The number of halogens is 1. The van der Waals surface area contributed by atoms with Crippen LogP contribution < -0.4 is 5.32 Å². The van der Waals surface area contributed by atoms with Gasteiger partial charge in [0.05, 0.1) is 6.42 Å². The van der Waals surface area contributed by atoms with Crippen molar-refractivity contribution in [1.82, 2.24) is 10.2 Å². The second kappa shape index (κ2) is 10.4. The first-order valence-electron chi connectivity index (χ1n) is 9.69. The number of carbonyl (C=O) groups excluding carboxylic acids is 2. The van der Waals surface area contributed by atoms with Crippen molar-refractivity contribution >= 4 is 27.7 Å². The van der Waals surface area contributed by atoms with E-state index in [1.165, 1.54) is 5.56 Å². The summed E-state index contributed by atoms with van der Waals surface area (Å²) in [7, 11) is 0. The first kappa shape index (κ1) is 22.2. The van der Waals surface area contributed by atoms with E-state index in [0.717, 1.165) is 27.6 Å². The van der Waals surface area contributed by atoms with Crippen LogP contribution in [0.25, 0.3) is 0 Å². The number of hydrogen-bond acceptors (Lipinski definition) is 2. The molecule has 0 aliphatic rings. The molecule has 2 rings (SSSR count). The Kier molecular flexibility index (Phi) is 8.24. The molecule has 2 aromatic rings. The van der Waals surface area contributed by atoms with Gasteiger partial charge in [0.15, 0.2) is 0 Å². The zero-order chi connectivity index (χ0) is 20.7. The molecule has 0 aliphatic heterocycles. The summed E-state index contributed by atoms with van der Waals surface area (Å²) < 4.78 is 0.953. The molecule has 28 heavy (non-hydrogen) atoms. The lowest BCUT2D eigenvalue weighted by Crippen LogP contribution is -2.48. The van der Waals surface area contributed by atoms with Gasteiger partial charge in [0.1, 0.15) is 6.04 Å². The number of nitrogens with zero attached hydrogens (tertiary/aromatic N) is 1. The number of amides is 2. The molecular weight excluding hydrogens is 416 g/mol. The molecule has 0 aliphatic carbocycles. The molecule has 150 valence electrons. The van der Waals surface area contributed by atoms with Crippen LogP contribution >= 0.6 is 15.9 Å². The van der Waals surface area contributed by atoms with Gasteiger partial charge in [-0.1, -0.05) is 53.2 Å². The van der Waals surface area contributed by atoms with Crippen molar-refractivity contribution in [2.24, 2.45) is 0 Å². The maximum atomic E-state index is 13.2. The SMILES string of the molecule is CCCNC(=O)C(C)N(Cc1cccc(Br)c1)C(=O)Cc1ccc(C)c(C)c1. The van der Waals surface area contributed by atoms with Gasteiger partial charge in [-0.25, -0.2) is 0 Å². The third kappa shape index (κ3) is 6.20. The summed E-state index contributed by atoms with van der Waals surface area (Å²) in [5.74, 6) is -0.173. The maximum Gasteiger partial charge on any atom is 0.242 e. The molecule has 0 heterocycles. The molecule has 0 bridgehead atoms. The van der Waals surface area contributed by atoms with Crippen molar-refractivity contribution in [3.8, 4) is 0 Å². The summed E-state index contributed by atoms with van der Waals surface area (Å²) >= 11 is 3.48. The molecule has 0 radical (unpaired) electrons. The van der Waals surface area contributed by atoms with E-state index in [4.69, 9.17) is 0 Å². The van der Waals surface area contributed by atoms with Crippen LogP contribution in [0.1, 0.15) is 42.5 Å². The number of carbonyl (C=O) groups is 2. The van der Waals surface area contributed by atoms with Crippen molar-refractivity contribution in [3.63, 3.8) is 0 Å². The second-order valence-corrected chi connectivity index (χ2v) is 8.13. The van der Waals surface area contributed by atoms with Gasteiger partial charge < -0.3 is 10.2 Å². The average Bonchev–Trinajstić information content (AvgIpc) is 2.66. The summed E-state index contributed by atoms with van der Waals surface area (Å²) in [6, 6.07) is 13.4. The first-order valence-corrected chi connectivity index (χ1v) is 10.5. The normalized spacial score (nSPS) is 11.8. The minimum absolute atomic E-state index is 0.0534. The Morgan fingerprint density at radius 3 is 2.46 bits per heavy atom. The summed E-state index contributed by atoms with van der Waals surface area (Å²) in [6.07, 6.45) is 1.14. The summed E-state index contributed by atoms with van der Waals surface area (Å²) in [4.78, 5) is 27.4. The zero-order valence-electron chi connectivity index (χ0n) is 17.1. The highest BCUT2D eigenvalue weighted by atomic mass is 79.9. The third-order valence-corrected chi connectivity index (χ3v) is 5.38. The fourth-order valence-corrected chi connectivity index (χ4v) is 3.45. The molecule has 2 aromatic carbocycles. The molecule has 4 nitrogen and oxygen atoms in total. The van der Waals surface area contributed by atoms with Crippen LogP contribution in [0.4, 0.5) is 0 Å². The van der Waals surface area contributed by atoms with Crippen LogP contribution in [-0.4, -0.2) is 29.3 Å². The van der Waals surface area contributed by atoms with E-state index in [2.05, 4.69) is 28.2 Å². The molecule has 0 saturated heterocycles. The predicted octanol–water partition coefficient (Wildman–Crippen LogP) is 4.55. The van der Waals surface area contributed by atoms with Crippen LogP contribution in [0.3, 0.4) is 0 Å². The van der Waals surface area contributed by atoms with E-state index < -0.39 is 6.04 Å². The topological polar surface area (TPSA) is 49.4 Å². The molecule has 0 fully saturated rings. The van der Waals surface area contributed by atoms with Crippen LogP contribution in [0.5, 0.6) is 0 Å². The standard InChI is InChI=1S/C23H29BrN2O2/c1-5-11-25-23(28)18(4)26(15-20-7-6-8-21(24)13-20)22(27)14-19-10-9-16(2)17(3)12-19/h6-10,12-13,18H,5,11,14-15H2,1-4H3,(H,25,28). The molecule has 5 heteroatoms. The zero-order valence-corrected chi connectivity index (χ0v) is 18.7. The molecular formula is C23H29BrN2O2. The number of hydrogen-bond donors (Lipinski definition) is 1. The largest absolute Gasteiger partial charge is 0.354 e. The molecule has 0 saturated carbocycles. The van der Waals surface area contributed by atoms with Crippen molar-refractivity contribution < 1.29 is 9.59 Å². The van der Waals surface area contributed by atoms with E-state index in [-0.39, 0.29) is 18.2 Å². The molecule has 0 spiro atoms. The highest BCUT2D eigenvalue weighted by Gasteiger charge is 2.26. The quantitative estimate of drug-likeness (QED) is 0.648. The van der Waals surface area contributed by atoms with Crippen molar-refractivity contribution in [1.29, 1.82) is 0 Å². The van der Waals surface area contributed by atoms with Crippen LogP contribution in [0, 0.1) is 13.8 Å². The van der Waals surface area contributed by atoms with Gasteiger partial charge in [-0.05, 0) is 61.6 Å². The molecule has 1 atom stereocenters. The average molecular weight is 445 g/mol. The van der Waals surface area contributed by atoms with E-state index in [0.29, 0.717) is 13.1 Å². The van der Waals surface area contributed by atoms with E-state index >= 15 is 0 Å². The number of nitrogens with one attached hydrogen (secondary N) is 1. The lowest BCUT2D eigenvalue weighted by Gasteiger charge is -2.29. The number of benzene rings is 2. The Hall–Kier alpha value is -2.14. The smallest absolute Gasteiger partial charge is 0.242 e. The molecule has 1 unspecified atom stereocenters. The van der Waals surface area contributed by atoms with Crippen LogP contribution in [-0.2, 0) is 22.6 Å². The third-order valence-electron chi connectivity index (χ3n) is 4.89. The van der Waals surface area contributed by atoms with Gasteiger partial charge in [-0.15, -0.1) is 0 Å². The van der Waals surface area contributed by atoms with Gasteiger partial charge in [0.25, 0.3) is 0 Å². The first-order chi connectivity index (χ1) is 13.3. The lowest BCUT2D eigenvalue weighted by atomic mass is 10.0. The summed E-state index contributed by atoms with van der Waals surface area (Å²) in [5.41, 5.74) is 4.32. The Morgan fingerprint density at radius 1 is 1.07 bits per heavy atom. The van der Waals surface area contributed by atoms with Crippen molar-refractivity contribution in [2.75, 3.05) is 6.54 Å². The van der Waals surface area contributed by atoms with Gasteiger partial charge >= 0.3 is 0 Å². The lowest BCUT2D eigenvalue weighted by molar-refractivity contribution is -0.140. The van der Waals surface area contributed by atoms with Crippen molar-refractivity contribution in [2.45, 2.75) is 53.1 Å². The predicted molar refractivity (Wildman–Crippen MR) is 117 cm³/mol. The Labute approximate surface area is 176 Å². The Balaban J connectivity index is 2.23. The Morgan fingerprint density at radius 2 is 1.82 bits per heavy atom. The minimum Gasteiger partial charge on any atom is -0.354 e. The van der Waals surface area contributed by atoms with E-state index in [9.17, 15) is 9.59 Å². The van der Waals surface area contributed by atoms with Gasteiger partial charge in [-0.2, -0.15) is 0 Å².